The third kappa shape index (κ3) is 2.73. The second-order valence-electron chi connectivity index (χ2n) is 7.16. The summed E-state index contributed by atoms with van der Waals surface area (Å²) in [4.78, 5) is 2.95. The standard InChI is InChI=1S/C14H9F14NO/c1-7(2)4-29-6(30-7)5-3-8(15,16)10(13(23,24)25,14(26,27)28)9(5,11(17,18)19)12(20,21)22/h3H,4H2,1-2H3. The van der Waals surface area contributed by atoms with E-state index in [2.05, 4.69) is 9.73 Å². The Morgan fingerprint density at radius 3 is 1.43 bits per heavy atom. The number of alkyl halides is 14. The van der Waals surface area contributed by atoms with Crippen molar-refractivity contribution in [3.8, 4) is 0 Å². The first-order chi connectivity index (χ1) is 12.9. The number of hydrogen-bond acceptors (Lipinski definition) is 2. The highest BCUT2D eigenvalue weighted by Gasteiger charge is 3.02. The van der Waals surface area contributed by atoms with Gasteiger partial charge in [0.1, 0.15) is 5.60 Å². The van der Waals surface area contributed by atoms with Crippen LogP contribution in [0.1, 0.15) is 13.8 Å². The molecule has 1 aliphatic heterocycles. The Bertz CT molecular complexity index is 748. The van der Waals surface area contributed by atoms with Crippen LogP contribution in [0.15, 0.2) is 16.6 Å². The molecule has 30 heavy (non-hydrogen) atoms. The molecule has 0 spiro atoms. The Balaban J connectivity index is 3.15. The molecule has 2 aliphatic rings. The third-order valence-corrected chi connectivity index (χ3v) is 4.70. The second-order valence-corrected chi connectivity index (χ2v) is 7.16. The van der Waals surface area contributed by atoms with E-state index in [4.69, 9.17) is 0 Å². The molecule has 0 saturated heterocycles. The van der Waals surface area contributed by atoms with Crippen LogP contribution in [0.3, 0.4) is 0 Å². The zero-order chi connectivity index (χ0) is 24.0. The van der Waals surface area contributed by atoms with Crippen LogP contribution in [0.2, 0.25) is 0 Å². The van der Waals surface area contributed by atoms with E-state index in [1.807, 2.05) is 0 Å². The molecule has 0 bridgehead atoms. The van der Waals surface area contributed by atoms with Gasteiger partial charge in [-0.2, -0.15) is 52.7 Å². The molecule has 0 radical (unpaired) electrons. The van der Waals surface area contributed by atoms with Gasteiger partial charge in [-0.1, -0.05) is 0 Å². The SMILES string of the molecule is CC1(C)CN=C(C2=CC(F)(F)C(C(F)(F)F)(C(F)(F)F)C2(C(F)(F)F)C(F)(F)F)O1. The van der Waals surface area contributed by atoms with Gasteiger partial charge in [0.05, 0.1) is 6.54 Å². The minimum absolute atomic E-state index is 0.817. The first-order valence-corrected chi connectivity index (χ1v) is 7.52. The van der Waals surface area contributed by atoms with E-state index in [1.165, 1.54) is 0 Å². The molecule has 1 aliphatic carbocycles. The molecule has 2 nitrogen and oxygen atoms in total. The Hall–Kier alpha value is -1.77. The highest BCUT2D eigenvalue weighted by molar-refractivity contribution is 5.98. The summed E-state index contributed by atoms with van der Waals surface area (Å²) in [6, 6.07) is 0. The van der Waals surface area contributed by atoms with Gasteiger partial charge in [-0.3, -0.25) is 0 Å². The number of aliphatic imine (C=N–C) groups is 1. The lowest BCUT2D eigenvalue weighted by Gasteiger charge is -2.50. The summed E-state index contributed by atoms with van der Waals surface area (Å²) in [7, 11) is 0. The molecular formula is C14H9F14NO. The summed E-state index contributed by atoms with van der Waals surface area (Å²) in [6.45, 7) is 1.10. The van der Waals surface area contributed by atoms with Crippen LogP contribution in [-0.2, 0) is 4.74 Å². The van der Waals surface area contributed by atoms with Crippen molar-refractivity contribution in [3.05, 3.63) is 11.6 Å². The van der Waals surface area contributed by atoms with Crippen molar-refractivity contribution in [2.24, 2.45) is 15.8 Å². The molecule has 0 atom stereocenters. The number of hydrogen-bond donors (Lipinski definition) is 0. The summed E-state index contributed by atoms with van der Waals surface area (Å²) in [5.41, 5.74) is -19.7. The third-order valence-electron chi connectivity index (χ3n) is 4.70. The molecule has 0 aromatic heterocycles. The van der Waals surface area contributed by atoms with E-state index in [1.54, 1.807) is 0 Å². The quantitative estimate of drug-likeness (QED) is 0.429. The van der Waals surface area contributed by atoms with Crippen LogP contribution in [-0.4, -0.2) is 48.7 Å². The number of allylic oxidation sites excluding steroid dienone is 1. The Morgan fingerprint density at radius 1 is 0.767 bits per heavy atom. The maximum Gasteiger partial charge on any atom is 0.411 e. The van der Waals surface area contributed by atoms with Crippen LogP contribution < -0.4 is 0 Å². The van der Waals surface area contributed by atoms with Crippen molar-refractivity contribution in [1.29, 1.82) is 0 Å². The fourth-order valence-corrected chi connectivity index (χ4v) is 3.66. The van der Waals surface area contributed by atoms with Crippen molar-refractivity contribution < 1.29 is 66.2 Å². The molecular weight excluding hydrogens is 464 g/mol. The minimum atomic E-state index is -7.77. The molecule has 2 rings (SSSR count). The first kappa shape index (κ1) is 24.5. The van der Waals surface area contributed by atoms with Crippen molar-refractivity contribution in [1.82, 2.24) is 0 Å². The molecule has 0 aromatic carbocycles. The minimum Gasteiger partial charge on any atom is -0.470 e. The molecule has 0 saturated carbocycles. The predicted octanol–water partition coefficient (Wildman–Crippen LogP) is 5.99. The van der Waals surface area contributed by atoms with Gasteiger partial charge in [0, 0.05) is 5.57 Å². The fourth-order valence-electron chi connectivity index (χ4n) is 3.66. The monoisotopic (exact) mass is 473 g/mol. The lowest BCUT2D eigenvalue weighted by molar-refractivity contribution is -0.483. The van der Waals surface area contributed by atoms with Crippen molar-refractivity contribution in [2.45, 2.75) is 50.1 Å². The molecule has 0 N–H and O–H groups in total. The lowest BCUT2D eigenvalue weighted by atomic mass is 9.58. The first-order valence-electron chi connectivity index (χ1n) is 7.52. The Labute approximate surface area is 157 Å². The maximum absolute atomic E-state index is 14.3. The van der Waals surface area contributed by atoms with Gasteiger partial charge >= 0.3 is 24.7 Å². The number of nitrogens with zero attached hydrogens (tertiary/aromatic N) is 1. The van der Waals surface area contributed by atoms with Gasteiger partial charge < -0.3 is 4.74 Å². The van der Waals surface area contributed by atoms with Crippen LogP contribution in [0.4, 0.5) is 61.5 Å². The zero-order valence-corrected chi connectivity index (χ0v) is 14.4. The average molecular weight is 473 g/mol. The van der Waals surface area contributed by atoms with Gasteiger partial charge in [0.25, 0.3) is 11.3 Å². The van der Waals surface area contributed by atoms with E-state index in [-0.39, 0.29) is 0 Å². The van der Waals surface area contributed by atoms with Gasteiger partial charge in [0.2, 0.25) is 11.3 Å². The van der Waals surface area contributed by atoms with E-state index < -0.39 is 71.2 Å². The number of rotatable bonds is 1. The van der Waals surface area contributed by atoms with Gasteiger partial charge in [-0.05, 0) is 19.9 Å². The summed E-state index contributed by atoms with van der Waals surface area (Å²) >= 11 is 0. The summed E-state index contributed by atoms with van der Waals surface area (Å²) < 4.78 is 196. The fraction of sp³-hybridized carbons (Fsp3) is 0.786. The number of ether oxygens (including phenoxy) is 1. The van der Waals surface area contributed by atoms with E-state index in [9.17, 15) is 61.5 Å². The van der Waals surface area contributed by atoms with Crippen LogP contribution in [0.5, 0.6) is 0 Å². The van der Waals surface area contributed by atoms with E-state index in [0.717, 1.165) is 13.8 Å². The van der Waals surface area contributed by atoms with Crippen LogP contribution >= 0.6 is 0 Å². The normalized spacial score (nSPS) is 25.6. The predicted molar refractivity (Wildman–Crippen MR) is 69.6 cm³/mol. The van der Waals surface area contributed by atoms with Gasteiger partial charge in [-0.15, -0.1) is 0 Å². The van der Waals surface area contributed by atoms with Crippen LogP contribution in [0, 0.1) is 10.8 Å². The molecule has 0 aromatic rings. The highest BCUT2D eigenvalue weighted by Crippen LogP contribution is 2.80. The number of halogens is 14. The van der Waals surface area contributed by atoms with Crippen molar-refractivity contribution in [3.63, 3.8) is 0 Å². The van der Waals surface area contributed by atoms with Crippen molar-refractivity contribution in [2.75, 3.05) is 6.54 Å². The lowest BCUT2D eigenvalue weighted by Crippen LogP contribution is -2.74. The maximum atomic E-state index is 14.3. The van der Waals surface area contributed by atoms with Crippen molar-refractivity contribution >= 4 is 5.90 Å². The molecule has 1 heterocycles. The van der Waals surface area contributed by atoms with E-state index >= 15 is 0 Å². The average Bonchev–Trinajstić information content (AvgIpc) is 2.87. The smallest absolute Gasteiger partial charge is 0.411 e. The van der Waals surface area contributed by atoms with Gasteiger partial charge in [0.15, 0.2) is 0 Å². The summed E-state index contributed by atoms with van der Waals surface area (Å²) in [5, 5.41) is 0. The molecule has 16 heteroatoms. The topological polar surface area (TPSA) is 21.6 Å². The Morgan fingerprint density at radius 2 is 1.17 bits per heavy atom. The summed E-state index contributed by atoms with van der Waals surface area (Å²) in [5.74, 6) is -8.77. The van der Waals surface area contributed by atoms with E-state index in [0.29, 0.717) is 0 Å². The highest BCUT2D eigenvalue weighted by atomic mass is 19.4. The van der Waals surface area contributed by atoms with Crippen LogP contribution in [0.25, 0.3) is 0 Å². The molecule has 0 amide bonds. The zero-order valence-electron chi connectivity index (χ0n) is 14.4. The molecule has 0 fully saturated rings. The summed E-state index contributed by atoms with van der Waals surface area (Å²) in [6.07, 6.45) is -32.3. The van der Waals surface area contributed by atoms with Gasteiger partial charge in [-0.25, -0.2) is 13.8 Å². The molecule has 174 valence electrons. The second kappa shape index (κ2) is 5.93. The largest absolute Gasteiger partial charge is 0.470 e. The Kier molecular flexibility index (Phi) is 4.84. The molecule has 0 unspecified atom stereocenters.